The summed E-state index contributed by atoms with van der Waals surface area (Å²) in [5.74, 6) is 0. The maximum atomic E-state index is 4.57. The fourth-order valence-electron chi connectivity index (χ4n) is 1.61. The zero-order valence-electron chi connectivity index (χ0n) is 9.48. The number of nitrogens with one attached hydrogen (secondary N) is 1. The van der Waals surface area contributed by atoms with Gasteiger partial charge in [-0.1, -0.05) is 30.3 Å². The second-order valence-electron chi connectivity index (χ2n) is 3.72. The Morgan fingerprint density at radius 2 is 2.06 bits per heavy atom. The molecule has 0 aliphatic rings. The molecule has 16 heavy (non-hydrogen) atoms. The van der Waals surface area contributed by atoms with E-state index in [2.05, 4.69) is 40.7 Å². The Bertz CT molecular complexity index is 489. The molecule has 0 aliphatic heterocycles. The molecule has 2 nitrogen and oxygen atoms in total. The molecule has 0 radical (unpaired) electrons. The third-order valence-electron chi connectivity index (χ3n) is 2.47. The lowest BCUT2D eigenvalue weighted by Crippen LogP contribution is -2.05. The van der Waals surface area contributed by atoms with Gasteiger partial charge in [-0.2, -0.15) is 0 Å². The van der Waals surface area contributed by atoms with E-state index in [0.717, 1.165) is 24.2 Å². The second kappa shape index (κ2) is 5.42. The molecular weight excluding hydrogens is 196 g/mol. The van der Waals surface area contributed by atoms with Gasteiger partial charge in [0.2, 0.25) is 0 Å². The fourth-order valence-corrected chi connectivity index (χ4v) is 1.61. The summed E-state index contributed by atoms with van der Waals surface area (Å²) in [6, 6.07) is 12.3. The summed E-state index contributed by atoms with van der Waals surface area (Å²) >= 11 is 0. The zero-order chi connectivity index (χ0) is 11.2. The molecular formula is C14H16N2. The molecule has 0 saturated heterocycles. The first kappa shape index (κ1) is 10.8. The standard InChI is InChI=1S/C14H16N2/c1-15-11-5-4-7-13-10-9-12-6-2-3-8-14(12)16-13/h2-4,6-10,15H,5,11H2,1H3. The van der Waals surface area contributed by atoms with Crippen molar-refractivity contribution in [3.8, 4) is 0 Å². The molecule has 0 atom stereocenters. The van der Waals surface area contributed by atoms with E-state index in [0.29, 0.717) is 0 Å². The third-order valence-corrected chi connectivity index (χ3v) is 2.47. The third kappa shape index (κ3) is 2.67. The van der Waals surface area contributed by atoms with Crippen LogP contribution < -0.4 is 5.32 Å². The Kier molecular flexibility index (Phi) is 3.67. The molecule has 0 unspecified atom stereocenters. The first-order chi connectivity index (χ1) is 7.90. The van der Waals surface area contributed by atoms with E-state index >= 15 is 0 Å². The summed E-state index contributed by atoms with van der Waals surface area (Å²) in [6.07, 6.45) is 5.25. The predicted molar refractivity (Wildman–Crippen MR) is 69.3 cm³/mol. The molecule has 0 fully saturated rings. The van der Waals surface area contributed by atoms with Crippen LogP contribution in [0.5, 0.6) is 0 Å². The van der Waals surface area contributed by atoms with Crippen LogP contribution in [-0.2, 0) is 0 Å². The second-order valence-corrected chi connectivity index (χ2v) is 3.72. The van der Waals surface area contributed by atoms with Crippen molar-refractivity contribution in [2.45, 2.75) is 6.42 Å². The van der Waals surface area contributed by atoms with Crippen LogP contribution in [0, 0.1) is 0 Å². The molecule has 0 aliphatic carbocycles. The number of nitrogens with zero attached hydrogens (tertiary/aromatic N) is 1. The normalized spacial score (nSPS) is 11.3. The van der Waals surface area contributed by atoms with Crippen molar-refractivity contribution in [3.63, 3.8) is 0 Å². The SMILES string of the molecule is CNCCC=Cc1ccc2ccccc2n1. The topological polar surface area (TPSA) is 24.9 Å². The molecule has 0 bridgehead atoms. The Morgan fingerprint density at radius 1 is 1.19 bits per heavy atom. The van der Waals surface area contributed by atoms with Gasteiger partial charge in [0.15, 0.2) is 0 Å². The van der Waals surface area contributed by atoms with Crippen molar-refractivity contribution in [2.24, 2.45) is 0 Å². The molecule has 2 aromatic rings. The maximum Gasteiger partial charge on any atom is 0.0709 e. The number of hydrogen-bond donors (Lipinski definition) is 1. The van der Waals surface area contributed by atoms with Gasteiger partial charge in [-0.05, 0) is 38.2 Å². The molecule has 82 valence electrons. The van der Waals surface area contributed by atoms with Crippen LogP contribution >= 0.6 is 0 Å². The van der Waals surface area contributed by atoms with E-state index in [1.54, 1.807) is 0 Å². The van der Waals surface area contributed by atoms with Crippen LogP contribution in [0.3, 0.4) is 0 Å². The number of pyridine rings is 1. The quantitative estimate of drug-likeness (QED) is 0.788. The minimum atomic E-state index is 1.00. The Balaban J connectivity index is 2.16. The van der Waals surface area contributed by atoms with E-state index in [1.165, 1.54) is 5.39 Å². The van der Waals surface area contributed by atoms with E-state index in [1.807, 2.05) is 25.2 Å². The summed E-state index contributed by atoms with van der Waals surface area (Å²) < 4.78 is 0. The summed E-state index contributed by atoms with van der Waals surface area (Å²) in [4.78, 5) is 4.57. The maximum absolute atomic E-state index is 4.57. The van der Waals surface area contributed by atoms with E-state index in [4.69, 9.17) is 0 Å². The van der Waals surface area contributed by atoms with Crippen molar-refractivity contribution < 1.29 is 0 Å². The van der Waals surface area contributed by atoms with Crippen LogP contribution in [-0.4, -0.2) is 18.6 Å². The van der Waals surface area contributed by atoms with Gasteiger partial charge in [-0.15, -0.1) is 0 Å². The molecule has 0 amide bonds. The molecule has 1 aromatic carbocycles. The monoisotopic (exact) mass is 212 g/mol. The highest BCUT2D eigenvalue weighted by molar-refractivity contribution is 5.79. The van der Waals surface area contributed by atoms with Crippen molar-refractivity contribution in [3.05, 3.63) is 48.2 Å². The largest absolute Gasteiger partial charge is 0.319 e. The van der Waals surface area contributed by atoms with Crippen LogP contribution in [0.1, 0.15) is 12.1 Å². The van der Waals surface area contributed by atoms with Gasteiger partial charge in [-0.25, -0.2) is 4.98 Å². The highest BCUT2D eigenvalue weighted by atomic mass is 14.8. The van der Waals surface area contributed by atoms with Crippen molar-refractivity contribution in [1.29, 1.82) is 0 Å². The lowest BCUT2D eigenvalue weighted by molar-refractivity contribution is 0.809. The molecule has 0 spiro atoms. The van der Waals surface area contributed by atoms with Crippen LogP contribution in [0.15, 0.2) is 42.5 Å². The van der Waals surface area contributed by atoms with E-state index < -0.39 is 0 Å². The molecule has 2 heteroatoms. The van der Waals surface area contributed by atoms with Gasteiger partial charge in [0.25, 0.3) is 0 Å². The van der Waals surface area contributed by atoms with Crippen molar-refractivity contribution in [1.82, 2.24) is 10.3 Å². The number of benzene rings is 1. The molecule has 1 heterocycles. The molecule has 2 rings (SSSR count). The Labute approximate surface area is 96.0 Å². The van der Waals surface area contributed by atoms with Crippen molar-refractivity contribution >= 4 is 17.0 Å². The minimum absolute atomic E-state index is 1.00. The first-order valence-electron chi connectivity index (χ1n) is 5.57. The first-order valence-corrected chi connectivity index (χ1v) is 5.57. The zero-order valence-corrected chi connectivity index (χ0v) is 9.48. The van der Waals surface area contributed by atoms with Gasteiger partial charge in [0.05, 0.1) is 11.2 Å². The highest BCUT2D eigenvalue weighted by Gasteiger charge is 1.93. The van der Waals surface area contributed by atoms with Crippen LogP contribution in [0.4, 0.5) is 0 Å². The lowest BCUT2D eigenvalue weighted by atomic mass is 10.2. The number of fused-ring (bicyclic) bond motifs is 1. The van der Waals surface area contributed by atoms with Gasteiger partial charge in [0, 0.05) is 5.39 Å². The fraction of sp³-hybridized carbons (Fsp3) is 0.214. The Hall–Kier alpha value is -1.67. The average molecular weight is 212 g/mol. The number of aromatic nitrogens is 1. The Morgan fingerprint density at radius 3 is 2.94 bits per heavy atom. The summed E-state index contributed by atoms with van der Waals surface area (Å²) in [5, 5.41) is 4.30. The van der Waals surface area contributed by atoms with E-state index in [-0.39, 0.29) is 0 Å². The summed E-state index contributed by atoms with van der Waals surface area (Å²) in [7, 11) is 1.96. The van der Waals surface area contributed by atoms with Crippen LogP contribution in [0.25, 0.3) is 17.0 Å². The van der Waals surface area contributed by atoms with Gasteiger partial charge in [0.1, 0.15) is 0 Å². The summed E-state index contributed by atoms with van der Waals surface area (Å²) in [6.45, 7) is 1.00. The molecule has 0 saturated carbocycles. The average Bonchev–Trinajstić information content (AvgIpc) is 2.34. The van der Waals surface area contributed by atoms with Gasteiger partial charge < -0.3 is 5.32 Å². The van der Waals surface area contributed by atoms with Crippen molar-refractivity contribution in [2.75, 3.05) is 13.6 Å². The predicted octanol–water partition coefficient (Wildman–Crippen LogP) is 2.86. The number of para-hydroxylation sites is 1. The molecule has 1 aromatic heterocycles. The smallest absolute Gasteiger partial charge is 0.0709 e. The van der Waals surface area contributed by atoms with Gasteiger partial charge in [-0.3, -0.25) is 0 Å². The highest BCUT2D eigenvalue weighted by Crippen LogP contribution is 2.12. The lowest BCUT2D eigenvalue weighted by Gasteiger charge is -1.98. The van der Waals surface area contributed by atoms with Crippen LogP contribution in [0.2, 0.25) is 0 Å². The number of hydrogen-bond acceptors (Lipinski definition) is 2. The minimum Gasteiger partial charge on any atom is -0.319 e. The van der Waals surface area contributed by atoms with E-state index in [9.17, 15) is 0 Å². The summed E-state index contributed by atoms with van der Waals surface area (Å²) in [5.41, 5.74) is 2.08. The molecule has 1 N–H and O–H groups in total. The van der Waals surface area contributed by atoms with Gasteiger partial charge >= 0.3 is 0 Å². The number of rotatable bonds is 4.